The maximum Gasteiger partial charge on any atom is 0.0914 e. The molecule has 3 nitrogen and oxygen atoms in total. The molecule has 0 aromatic heterocycles. The lowest BCUT2D eigenvalue weighted by Crippen LogP contribution is -2.47. The van der Waals surface area contributed by atoms with Crippen LogP contribution in [0.5, 0.6) is 0 Å². The van der Waals surface area contributed by atoms with Crippen molar-refractivity contribution in [3.8, 4) is 0 Å². The molecule has 0 bridgehead atoms. The molecule has 0 fully saturated rings. The molecule has 0 aliphatic heterocycles. The molecule has 1 aromatic rings. The fourth-order valence-electron chi connectivity index (χ4n) is 1.50. The van der Waals surface area contributed by atoms with Crippen LogP contribution in [0.25, 0.3) is 0 Å². The average Bonchev–Trinajstić information content (AvgIpc) is 2.36. The zero-order valence-electron chi connectivity index (χ0n) is 11.1. The molecule has 0 aliphatic carbocycles. The Labute approximate surface area is 104 Å². The van der Waals surface area contributed by atoms with E-state index in [2.05, 4.69) is 12.2 Å². The minimum Gasteiger partial charge on any atom is -0.387 e. The van der Waals surface area contributed by atoms with Gasteiger partial charge in [0, 0.05) is 19.7 Å². The standard InChI is InChI=1S/C14H23NO2/c1-11(14(2,3)17-4)15-10-13(16)12-8-6-5-7-9-12/h5-9,11,13,15-16H,10H2,1-4H3. The van der Waals surface area contributed by atoms with E-state index in [0.717, 1.165) is 5.56 Å². The predicted octanol–water partition coefficient (Wildman–Crippen LogP) is 2.12. The summed E-state index contributed by atoms with van der Waals surface area (Å²) in [6.07, 6.45) is -0.480. The van der Waals surface area contributed by atoms with Gasteiger partial charge in [0.05, 0.1) is 11.7 Å². The van der Waals surface area contributed by atoms with Crippen LogP contribution in [-0.2, 0) is 4.74 Å². The number of nitrogens with one attached hydrogen (secondary N) is 1. The zero-order valence-corrected chi connectivity index (χ0v) is 11.1. The summed E-state index contributed by atoms with van der Waals surface area (Å²) in [4.78, 5) is 0. The summed E-state index contributed by atoms with van der Waals surface area (Å²) in [7, 11) is 1.70. The van der Waals surface area contributed by atoms with Crippen molar-refractivity contribution in [1.29, 1.82) is 0 Å². The largest absolute Gasteiger partial charge is 0.387 e. The number of aliphatic hydroxyl groups excluding tert-OH is 1. The maximum atomic E-state index is 10.0. The van der Waals surface area contributed by atoms with Gasteiger partial charge < -0.3 is 15.2 Å². The van der Waals surface area contributed by atoms with E-state index in [4.69, 9.17) is 4.74 Å². The summed E-state index contributed by atoms with van der Waals surface area (Å²) in [6.45, 7) is 6.64. The molecule has 2 N–H and O–H groups in total. The highest BCUT2D eigenvalue weighted by molar-refractivity contribution is 5.17. The Kier molecular flexibility index (Phi) is 5.12. The van der Waals surface area contributed by atoms with Crippen molar-refractivity contribution in [2.45, 2.75) is 38.5 Å². The van der Waals surface area contributed by atoms with Crippen molar-refractivity contribution in [3.63, 3.8) is 0 Å². The molecule has 0 spiro atoms. The molecular formula is C14H23NO2. The van der Waals surface area contributed by atoms with Gasteiger partial charge in [0.15, 0.2) is 0 Å². The third kappa shape index (κ3) is 4.11. The first kappa shape index (κ1) is 14.2. The molecular weight excluding hydrogens is 214 g/mol. The molecule has 0 saturated carbocycles. The second-order valence-electron chi connectivity index (χ2n) is 4.86. The van der Waals surface area contributed by atoms with Crippen LogP contribution in [0.4, 0.5) is 0 Å². The van der Waals surface area contributed by atoms with Gasteiger partial charge in [-0.05, 0) is 26.3 Å². The van der Waals surface area contributed by atoms with Crippen LogP contribution in [0.3, 0.4) is 0 Å². The minimum absolute atomic E-state index is 0.172. The van der Waals surface area contributed by atoms with Gasteiger partial charge in [-0.2, -0.15) is 0 Å². The van der Waals surface area contributed by atoms with Crippen molar-refractivity contribution in [3.05, 3.63) is 35.9 Å². The molecule has 2 atom stereocenters. The van der Waals surface area contributed by atoms with Gasteiger partial charge in [0.25, 0.3) is 0 Å². The number of aliphatic hydroxyl groups is 1. The van der Waals surface area contributed by atoms with Crippen molar-refractivity contribution in [2.24, 2.45) is 0 Å². The summed E-state index contributed by atoms with van der Waals surface area (Å²) < 4.78 is 5.39. The molecule has 17 heavy (non-hydrogen) atoms. The summed E-state index contributed by atoms with van der Waals surface area (Å²) in [6, 6.07) is 9.84. The molecule has 0 saturated heterocycles. The SMILES string of the molecule is COC(C)(C)C(C)NCC(O)c1ccccc1. The molecule has 1 rings (SSSR count). The number of ether oxygens (including phenoxy) is 1. The summed E-state index contributed by atoms with van der Waals surface area (Å²) in [5, 5.41) is 13.3. The maximum absolute atomic E-state index is 10.0. The highest BCUT2D eigenvalue weighted by Gasteiger charge is 2.25. The van der Waals surface area contributed by atoms with Gasteiger partial charge in [0.1, 0.15) is 0 Å². The second kappa shape index (κ2) is 6.15. The monoisotopic (exact) mass is 237 g/mol. The van der Waals surface area contributed by atoms with E-state index in [9.17, 15) is 5.11 Å². The molecule has 2 unspecified atom stereocenters. The zero-order chi connectivity index (χ0) is 12.9. The normalized spacial score (nSPS) is 15.6. The van der Waals surface area contributed by atoms with Crippen molar-refractivity contribution >= 4 is 0 Å². The van der Waals surface area contributed by atoms with Crippen LogP contribution in [0, 0.1) is 0 Å². The number of hydrogen-bond acceptors (Lipinski definition) is 3. The molecule has 3 heteroatoms. The van der Waals surface area contributed by atoms with Gasteiger partial charge in [-0.3, -0.25) is 0 Å². The molecule has 0 heterocycles. The Morgan fingerprint density at radius 3 is 2.41 bits per heavy atom. The van der Waals surface area contributed by atoms with E-state index in [1.165, 1.54) is 0 Å². The quantitative estimate of drug-likeness (QED) is 0.796. The van der Waals surface area contributed by atoms with Crippen molar-refractivity contribution in [2.75, 3.05) is 13.7 Å². The first-order valence-electron chi connectivity index (χ1n) is 5.99. The molecule has 0 amide bonds. The highest BCUT2D eigenvalue weighted by atomic mass is 16.5. The summed E-state index contributed by atoms with van der Waals surface area (Å²) >= 11 is 0. The number of benzene rings is 1. The molecule has 1 aromatic carbocycles. The minimum atomic E-state index is -0.480. The van der Waals surface area contributed by atoms with Crippen LogP contribution in [0.15, 0.2) is 30.3 Å². The number of methoxy groups -OCH3 is 1. The molecule has 0 aliphatic rings. The highest BCUT2D eigenvalue weighted by Crippen LogP contribution is 2.15. The number of hydrogen-bond donors (Lipinski definition) is 2. The van der Waals surface area contributed by atoms with E-state index in [-0.39, 0.29) is 11.6 Å². The predicted molar refractivity (Wildman–Crippen MR) is 70.0 cm³/mol. The van der Waals surface area contributed by atoms with Crippen molar-refractivity contribution in [1.82, 2.24) is 5.32 Å². The van der Waals surface area contributed by atoms with Gasteiger partial charge >= 0.3 is 0 Å². The topological polar surface area (TPSA) is 41.5 Å². The van der Waals surface area contributed by atoms with Gasteiger partial charge in [-0.25, -0.2) is 0 Å². The van der Waals surface area contributed by atoms with E-state index in [1.807, 2.05) is 44.2 Å². The first-order chi connectivity index (χ1) is 7.97. The van der Waals surface area contributed by atoms with Crippen molar-refractivity contribution < 1.29 is 9.84 Å². The van der Waals surface area contributed by atoms with E-state index in [1.54, 1.807) is 7.11 Å². The smallest absolute Gasteiger partial charge is 0.0914 e. The van der Waals surface area contributed by atoms with E-state index < -0.39 is 6.10 Å². The van der Waals surface area contributed by atoms with Crippen LogP contribution in [-0.4, -0.2) is 30.4 Å². The van der Waals surface area contributed by atoms with Crippen LogP contribution < -0.4 is 5.32 Å². The lowest BCUT2D eigenvalue weighted by molar-refractivity contribution is -0.00798. The Balaban J connectivity index is 2.46. The molecule has 0 radical (unpaired) electrons. The Morgan fingerprint density at radius 1 is 1.29 bits per heavy atom. The van der Waals surface area contributed by atoms with E-state index >= 15 is 0 Å². The lowest BCUT2D eigenvalue weighted by atomic mass is 10.00. The lowest BCUT2D eigenvalue weighted by Gasteiger charge is -2.31. The Bertz CT molecular complexity index is 324. The summed E-state index contributed by atoms with van der Waals surface area (Å²) in [5.41, 5.74) is 0.693. The fraction of sp³-hybridized carbons (Fsp3) is 0.571. The Hall–Kier alpha value is -0.900. The average molecular weight is 237 g/mol. The fourth-order valence-corrected chi connectivity index (χ4v) is 1.50. The van der Waals surface area contributed by atoms with Gasteiger partial charge in [-0.15, -0.1) is 0 Å². The van der Waals surface area contributed by atoms with Gasteiger partial charge in [-0.1, -0.05) is 30.3 Å². The third-order valence-corrected chi connectivity index (χ3v) is 3.37. The Morgan fingerprint density at radius 2 is 1.88 bits per heavy atom. The number of rotatable bonds is 6. The van der Waals surface area contributed by atoms with E-state index in [0.29, 0.717) is 6.54 Å². The van der Waals surface area contributed by atoms with Crippen LogP contribution in [0.1, 0.15) is 32.4 Å². The second-order valence-corrected chi connectivity index (χ2v) is 4.86. The third-order valence-electron chi connectivity index (χ3n) is 3.37. The first-order valence-corrected chi connectivity index (χ1v) is 5.99. The summed E-state index contributed by atoms with van der Waals surface area (Å²) in [5.74, 6) is 0. The van der Waals surface area contributed by atoms with Crippen LogP contribution in [0.2, 0.25) is 0 Å². The van der Waals surface area contributed by atoms with Crippen LogP contribution >= 0.6 is 0 Å². The molecule has 96 valence electrons. The van der Waals surface area contributed by atoms with Gasteiger partial charge in [0.2, 0.25) is 0 Å².